The zero-order valence-electron chi connectivity index (χ0n) is 15.4. The van der Waals surface area contributed by atoms with Gasteiger partial charge in [-0.2, -0.15) is 0 Å². The second-order valence-electron chi connectivity index (χ2n) is 6.45. The van der Waals surface area contributed by atoms with Crippen molar-refractivity contribution in [2.45, 2.75) is 18.2 Å². The van der Waals surface area contributed by atoms with Crippen molar-refractivity contribution in [2.24, 2.45) is 0 Å². The summed E-state index contributed by atoms with van der Waals surface area (Å²) in [4.78, 5) is 24.6. The van der Waals surface area contributed by atoms with E-state index in [4.69, 9.17) is 10.8 Å². The minimum atomic E-state index is -3.84. The number of benzene rings is 2. The van der Waals surface area contributed by atoms with Gasteiger partial charge in [0.1, 0.15) is 12.6 Å². The summed E-state index contributed by atoms with van der Waals surface area (Å²) in [7, 11) is -2.52. The van der Waals surface area contributed by atoms with Crippen LogP contribution in [0.15, 0.2) is 54.6 Å². The molecular formula is C19H23N3O5S. The van der Waals surface area contributed by atoms with E-state index in [1.54, 1.807) is 54.6 Å². The SMILES string of the molecule is CN(CC(=O)O)C(=O)[C@@H](Cc1ccc(N)cc1)NS(=O)(=O)Cc1ccccc1. The predicted molar refractivity (Wildman–Crippen MR) is 106 cm³/mol. The van der Waals surface area contributed by atoms with E-state index in [2.05, 4.69) is 4.72 Å². The summed E-state index contributed by atoms with van der Waals surface area (Å²) < 4.78 is 27.6. The van der Waals surface area contributed by atoms with Gasteiger partial charge in [-0.1, -0.05) is 42.5 Å². The monoisotopic (exact) mass is 405 g/mol. The smallest absolute Gasteiger partial charge is 0.323 e. The molecule has 0 saturated carbocycles. The number of nitrogens with one attached hydrogen (secondary N) is 1. The highest BCUT2D eigenvalue weighted by Crippen LogP contribution is 2.12. The molecule has 0 bridgehead atoms. The summed E-state index contributed by atoms with van der Waals surface area (Å²) >= 11 is 0. The molecule has 150 valence electrons. The van der Waals surface area contributed by atoms with Crippen LogP contribution in [0.2, 0.25) is 0 Å². The Balaban J connectivity index is 2.22. The van der Waals surface area contributed by atoms with Crippen molar-refractivity contribution in [3.05, 3.63) is 65.7 Å². The number of amides is 1. The maximum absolute atomic E-state index is 12.7. The van der Waals surface area contributed by atoms with Gasteiger partial charge in [-0.3, -0.25) is 9.59 Å². The minimum absolute atomic E-state index is 0.0666. The average Bonchev–Trinajstić information content (AvgIpc) is 2.62. The van der Waals surface area contributed by atoms with E-state index in [0.717, 1.165) is 4.90 Å². The van der Waals surface area contributed by atoms with Crippen LogP contribution in [-0.4, -0.2) is 49.9 Å². The van der Waals surface area contributed by atoms with Gasteiger partial charge in [-0.25, -0.2) is 13.1 Å². The number of hydrogen-bond donors (Lipinski definition) is 3. The molecule has 0 fully saturated rings. The quantitative estimate of drug-likeness (QED) is 0.530. The van der Waals surface area contributed by atoms with Crippen LogP contribution in [0, 0.1) is 0 Å². The molecule has 1 atom stereocenters. The lowest BCUT2D eigenvalue weighted by atomic mass is 10.1. The lowest BCUT2D eigenvalue weighted by molar-refractivity contribution is -0.144. The Labute approximate surface area is 164 Å². The number of rotatable bonds is 9. The molecule has 8 nitrogen and oxygen atoms in total. The topological polar surface area (TPSA) is 130 Å². The van der Waals surface area contributed by atoms with Gasteiger partial charge in [0.15, 0.2) is 0 Å². The van der Waals surface area contributed by atoms with Crippen molar-refractivity contribution in [3.63, 3.8) is 0 Å². The number of nitrogens with zero attached hydrogens (tertiary/aromatic N) is 1. The summed E-state index contributed by atoms with van der Waals surface area (Å²) in [6.45, 7) is -0.530. The van der Waals surface area contributed by atoms with Crippen molar-refractivity contribution in [3.8, 4) is 0 Å². The summed E-state index contributed by atoms with van der Waals surface area (Å²) in [5.74, 6) is -2.10. The molecule has 0 heterocycles. The number of hydrogen-bond acceptors (Lipinski definition) is 5. The molecular weight excluding hydrogens is 382 g/mol. The maximum Gasteiger partial charge on any atom is 0.323 e. The van der Waals surface area contributed by atoms with Crippen LogP contribution in [0.5, 0.6) is 0 Å². The lowest BCUT2D eigenvalue weighted by Crippen LogP contribution is -2.49. The van der Waals surface area contributed by atoms with E-state index in [0.29, 0.717) is 16.8 Å². The zero-order chi connectivity index (χ0) is 20.7. The normalized spacial score (nSPS) is 12.3. The highest BCUT2D eigenvalue weighted by Gasteiger charge is 2.28. The van der Waals surface area contributed by atoms with E-state index in [1.165, 1.54) is 7.05 Å². The molecule has 2 aromatic rings. The van der Waals surface area contributed by atoms with Crippen LogP contribution in [0.25, 0.3) is 0 Å². The minimum Gasteiger partial charge on any atom is -0.480 e. The molecule has 2 rings (SSSR count). The molecule has 1 amide bonds. The van der Waals surface area contributed by atoms with Crippen molar-refractivity contribution in [2.75, 3.05) is 19.3 Å². The van der Waals surface area contributed by atoms with Crippen LogP contribution < -0.4 is 10.5 Å². The largest absolute Gasteiger partial charge is 0.480 e. The number of nitrogens with two attached hydrogens (primary N) is 1. The summed E-state index contributed by atoms with van der Waals surface area (Å²) in [5, 5.41) is 8.92. The van der Waals surface area contributed by atoms with E-state index in [9.17, 15) is 18.0 Å². The summed E-state index contributed by atoms with van der Waals surface area (Å²) in [5.41, 5.74) is 7.47. The highest BCUT2D eigenvalue weighted by atomic mass is 32.2. The number of carbonyl (C=O) groups is 2. The number of anilines is 1. The van der Waals surface area contributed by atoms with Gasteiger partial charge in [-0.05, 0) is 29.7 Å². The molecule has 0 aliphatic heterocycles. The third-order valence-corrected chi connectivity index (χ3v) is 5.34. The Morgan fingerprint density at radius 1 is 1.07 bits per heavy atom. The molecule has 4 N–H and O–H groups in total. The first-order chi connectivity index (χ1) is 13.2. The average molecular weight is 405 g/mol. The second kappa shape index (κ2) is 9.34. The Bertz CT molecular complexity index is 914. The second-order valence-corrected chi connectivity index (χ2v) is 8.20. The highest BCUT2D eigenvalue weighted by molar-refractivity contribution is 7.88. The fourth-order valence-corrected chi connectivity index (χ4v) is 4.00. The number of nitrogen functional groups attached to an aromatic ring is 1. The van der Waals surface area contributed by atoms with Gasteiger partial charge in [0.25, 0.3) is 0 Å². The molecule has 0 aromatic heterocycles. The predicted octanol–water partition coefficient (Wildman–Crippen LogP) is 0.843. The molecule has 2 aromatic carbocycles. The molecule has 28 heavy (non-hydrogen) atoms. The van der Waals surface area contributed by atoms with Gasteiger partial charge >= 0.3 is 5.97 Å². The number of carboxylic acid groups (broad SMARTS) is 1. The Morgan fingerprint density at radius 2 is 1.68 bits per heavy atom. The molecule has 0 unspecified atom stereocenters. The van der Waals surface area contributed by atoms with E-state index in [-0.39, 0.29) is 12.2 Å². The summed E-state index contributed by atoms with van der Waals surface area (Å²) in [6, 6.07) is 14.1. The van der Waals surface area contributed by atoms with Crippen molar-refractivity contribution in [1.29, 1.82) is 0 Å². The maximum atomic E-state index is 12.7. The Kier molecular flexibility index (Phi) is 7.13. The standard InChI is InChI=1S/C19H23N3O5S/c1-22(12-18(23)24)19(25)17(11-14-7-9-16(20)10-8-14)21-28(26,27)13-15-5-3-2-4-6-15/h2-10,17,21H,11-13,20H2,1H3,(H,23,24)/t17-/m1/s1. The molecule has 0 radical (unpaired) electrons. The molecule has 0 aliphatic rings. The number of carboxylic acids is 1. The van der Waals surface area contributed by atoms with Crippen LogP contribution in [0.1, 0.15) is 11.1 Å². The molecule has 0 saturated heterocycles. The van der Waals surface area contributed by atoms with E-state index in [1.807, 2.05) is 0 Å². The van der Waals surface area contributed by atoms with Crippen molar-refractivity contribution < 1.29 is 23.1 Å². The first-order valence-corrected chi connectivity index (χ1v) is 10.2. The van der Waals surface area contributed by atoms with Crippen molar-refractivity contribution >= 4 is 27.6 Å². The molecule has 0 spiro atoms. The van der Waals surface area contributed by atoms with Gasteiger partial charge < -0.3 is 15.7 Å². The van der Waals surface area contributed by atoms with E-state index >= 15 is 0 Å². The van der Waals surface area contributed by atoms with Gasteiger partial charge in [-0.15, -0.1) is 0 Å². The number of carbonyl (C=O) groups excluding carboxylic acids is 1. The van der Waals surface area contributed by atoms with Crippen molar-refractivity contribution in [1.82, 2.24) is 9.62 Å². The number of likely N-dealkylation sites (N-methyl/N-ethyl adjacent to an activating group) is 1. The van der Waals surface area contributed by atoms with Gasteiger partial charge in [0.05, 0.1) is 5.75 Å². The Hall–Kier alpha value is -2.91. The third kappa shape index (κ3) is 6.67. The van der Waals surface area contributed by atoms with Crippen LogP contribution >= 0.6 is 0 Å². The lowest BCUT2D eigenvalue weighted by Gasteiger charge is -2.23. The summed E-state index contributed by atoms with van der Waals surface area (Å²) in [6.07, 6.45) is 0.0666. The van der Waals surface area contributed by atoms with Gasteiger partial charge in [0, 0.05) is 12.7 Å². The van der Waals surface area contributed by atoms with E-state index < -0.39 is 34.5 Å². The van der Waals surface area contributed by atoms with Crippen LogP contribution in [0.4, 0.5) is 5.69 Å². The first kappa shape index (κ1) is 21.4. The molecule has 0 aliphatic carbocycles. The first-order valence-electron chi connectivity index (χ1n) is 8.51. The molecule has 9 heteroatoms. The zero-order valence-corrected chi connectivity index (χ0v) is 16.2. The number of aliphatic carboxylic acids is 1. The Morgan fingerprint density at radius 3 is 2.25 bits per heavy atom. The van der Waals surface area contributed by atoms with Crippen LogP contribution in [0.3, 0.4) is 0 Å². The third-order valence-electron chi connectivity index (χ3n) is 3.99. The fraction of sp³-hybridized carbons (Fsp3) is 0.263. The van der Waals surface area contributed by atoms with Gasteiger partial charge in [0.2, 0.25) is 15.9 Å². The van der Waals surface area contributed by atoms with Crippen LogP contribution in [-0.2, 0) is 31.8 Å². The fourth-order valence-electron chi connectivity index (χ4n) is 2.67. The number of sulfonamides is 1.